The maximum absolute atomic E-state index is 5.99. The molecule has 2 aromatic carbocycles. The van der Waals surface area contributed by atoms with Crippen molar-refractivity contribution >= 4 is 17.3 Å². The molecule has 0 saturated carbocycles. The summed E-state index contributed by atoms with van der Waals surface area (Å²) >= 11 is 5.91. The van der Waals surface area contributed by atoms with Crippen LogP contribution >= 0.6 is 11.6 Å². The Labute approximate surface area is 114 Å². The van der Waals surface area contributed by atoms with Crippen molar-refractivity contribution in [3.63, 3.8) is 0 Å². The van der Waals surface area contributed by atoms with Crippen molar-refractivity contribution in [2.24, 2.45) is 0 Å². The van der Waals surface area contributed by atoms with Gasteiger partial charge in [0.2, 0.25) is 0 Å². The molecule has 0 amide bonds. The summed E-state index contributed by atoms with van der Waals surface area (Å²) in [4.78, 5) is 0. The third-order valence-corrected chi connectivity index (χ3v) is 3.65. The van der Waals surface area contributed by atoms with E-state index in [4.69, 9.17) is 17.3 Å². The fraction of sp³-hybridized carbons (Fsp3) is 0.250. The Morgan fingerprint density at radius 2 is 1.78 bits per heavy atom. The quantitative estimate of drug-likeness (QED) is 0.762. The van der Waals surface area contributed by atoms with Crippen LogP contribution in [0.25, 0.3) is 11.1 Å². The van der Waals surface area contributed by atoms with E-state index in [0.717, 1.165) is 23.2 Å². The minimum atomic E-state index is 0.599. The second-order valence-electron chi connectivity index (χ2n) is 4.66. The Morgan fingerprint density at radius 1 is 1.11 bits per heavy atom. The molecule has 1 atom stereocenters. The van der Waals surface area contributed by atoms with E-state index in [2.05, 4.69) is 38.1 Å². The van der Waals surface area contributed by atoms with E-state index in [9.17, 15) is 0 Å². The van der Waals surface area contributed by atoms with E-state index < -0.39 is 0 Å². The molecule has 0 aliphatic rings. The monoisotopic (exact) mass is 259 g/mol. The molecule has 2 heteroatoms. The van der Waals surface area contributed by atoms with Gasteiger partial charge in [-0.2, -0.15) is 0 Å². The first kappa shape index (κ1) is 13.0. The second kappa shape index (κ2) is 5.45. The zero-order valence-corrected chi connectivity index (χ0v) is 11.5. The molecule has 0 aliphatic carbocycles. The standard InChI is InChI=1S/C16H18ClN/c1-3-11(2)12-4-6-13(7-5-12)15-9-8-14(17)10-16(15)18/h4-11H,3,18H2,1-2H3. The zero-order chi connectivity index (χ0) is 13.1. The van der Waals surface area contributed by atoms with Gasteiger partial charge in [0.1, 0.15) is 0 Å². The first-order chi connectivity index (χ1) is 8.61. The predicted molar refractivity (Wildman–Crippen MR) is 80.0 cm³/mol. The number of hydrogen-bond donors (Lipinski definition) is 1. The van der Waals surface area contributed by atoms with Gasteiger partial charge in [-0.15, -0.1) is 0 Å². The summed E-state index contributed by atoms with van der Waals surface area (Å²) in [7, 11) is 0. The highest BCUT2D eigenvalue weighted by molar-refractivity contribution is 6.31. The van der Waals surface area contributed by atoms with E-state index >= 15 is 0 Å². The Balaban J connectivity index is 2.34. The van der Waals surface area contributed by atoms with E-state index in [1.54, 1.807) is 6.07 Å². The first-order valence-electron chi connectivity index (χ1n) is 6.27. The summed E-state index contributed by atoms with van der Waals surface area (Å²) in [5.41, 5.74) is 10.3. The SMILES string of the molecule is CCC(C)c1ccc(-c2ccc(Cl)cc2N)cc1. The molecule has 0 fully saturated rings. The van der Waals surface area contributed by atoms with Crippen LogP contribution in [-0.4, -0.2) is 0 Å². The lowest BCUT2D eigenvalue weighted by molar-refractivity contribution is 0.734. The number of nitrogens with two attached hydrogens (primary N) is 1. The van der Waals surface area contributed by atoms with Gasteiger partial charge in [0.15, 0.2) is 0 Å². The number of anilines is 1. The molecule has 2 N–H and O–H groups in total. The Kier molecular flexibility index (Phi) is 3.93. The third-order valence-electron chi connectivity index (χ3n) is 3.42. The normalized spacial score (nSPS) is 12.4. The van der Waals surface area contributed by atoms with Gasteiger partial charge in [0, 0.05) is 16.3 Å². The van der Waals surface area contributed by atoms with Gasteiger partial charge in [-0.25, -0.2) is 0 Å². The van der Waals surface area contributed by atoms with Crippen LogP contribution in [0.3, 0.4) is 0 Å². The fourth-order valence-electron chi connectivity index (χ4n) is 2.02. The van der Waals surface area contributed by atoms with Crippen LogP contribution in [0, 0.1) is 0 Å². The van der Waals surface area contributed by atoms with Crippen molar-refractivity contribution < 1.29 is 0 Å². The average molecular weight is 260 g/mol. The topological polar surface area (TPSA) is 26.0 Å². The summed E-state index contributed by atoms with van der Waals surface area (Å²) in [6.45, 7) is 4.45. The number of halogens is 1. The largest absolute Gasteiger partial charge is 0.398 e. The van der Waals surface area contributed by atoms with Gasteiger partial charge in [-0.3, -0.25) is 0 Å². The molecule has 0 aliphatic heterocycles. The maximum Gasteiger partial charge on any atom is 0.0426 e. The number of benzene rings is 2. The lowest BCUT2D eigenvalue weighted by atomic mass is 9.95. The van der Waals surface area contributed by atoms with Crippen molar-refractivity contribution in [3.8, 4) is 11.1 Å². The lowest BCUT2D eigenvalue weighted by Crippen LogP contribution is -1.92. The van der Waals surface area contributed by atoms with Gasteiger partial charge in [0.25, 0.3) is 0 Å². The minimum Gasteiger partial charge on any atom is -0.398 e. The van der Waals surface area contributed by atoms with Gasteiger partial charge in [-0.05, 0) is 35.6 Å². The molecule has 0 bridgehead atoms. The summed E-state index contributed by atoms with van der Waals surface area (Å²) in [5, 5.41) is 0.674. The second-order valence-corrected chi connectivity index (χ2v) is 5.10. The number of nitrogen functional groups attached to an aromatic ring is 1. The third kappa shape index (κ3) is 2.68. The van der Waals surface area contributed by atoms with Crippen LogP contribution in [0.1, 0.15) is 31.7 Å². The van der Waals surface area contributed by atoms with Crippen LogP contribution in [0.5, 0.6) is 0 Å². The molecule has 18 heavy (non-hydrogen) atoms. The Hall–Kier alpha value is -1.47. The van der Waals surface area contributed by atoms with Crippen molar-refractivity contribution in [1.82, 2.24) is 0 Å². The van der Waals surface area contributed by atoms with Gasteiger partial charge >= 0.3 is 0 Å². The highest BCUT2D eigenvalue weighted by Crippen LogP contribution is 2.29. The molecule has 2 rings (SSSR count). The van der Waals surface area contributed by atoms with E-state index in [1.807, 2.05) is 12.1 Å². The predicted octanol–water partition coefficient (Wildman–Crippen LogP) is 5.10. The van der Waals surface area contributed by atoms with Crippen LogP contribution in [0.4, 0.5) is 5.69 Å². The van der Waals surface area contributed by atoms with Crippen LogP contribution in [0.15, 0.2) is 42.5 Å². The van der Waals surface area contributed by atoms with Crippen molar-refractivity contribution in [2.75, 3.05) is 5.73 Å². The molecule has 1 unspecified atom stereocenters. The number of hydrogen-bond acceptors (Lipinski definition) is 1. The molecule has 0 saturated heterocycles. The molecule has 0 spiro atoms. The van der Waals surface area contributed by atoms with E-state index in [1.165, 1.54) is 5.56 Å². The number of rotatable bonds is 3. The Morgan fingerprint density at radius 3 is 2.33 bits per heavy atom. The maximum atomic E-state index is 5.99. The van der Waals surface area contributed by atoms with Crippen molar-refractivity contribution in [3.05, 3.63) is 53.1 Å². The highest BCUT2D eigenvalue weighted by atomic mass is 35.5. The van der Waals surface area contributed by atoms with Crippen LogP contribution in [-0.2, 0) is 0 Å². The van der Waals surface area contributed by atoms with Crippen LogP contribution in [0.2, 0.25) is 5.02 Å². The highest BCUT2D eigenvalue weighted by Gasteiger charge is 2.06. The molecule has 0 heterocycles. The van der Waals surface area contributed by atoms with Gasteiger partial charge in [-0.1, -0.05) is 55.8 Å². The molecule has 0 aromatic heterocycles. The minimum absolute atomic E-state index is 0.599. The first-order valence-corrected chi connectivity index (χ1v) is 6.65. The molecular weight excluding hydrogens is 242 g/mol. The summed E-state index contributed by atoms with van der Waals surface area (Å²) in [6.07, 6.45) is 1.16. The Bertz CT molecular complexity index is 531. The summed E-state index contributed by atoms with van der Waals surface area (Å²) in [6, 6.07) is 14.2. The summed E-state index contributed by atoms with van der Waals surface area (Å²) < 4.78 is 0. The lowest BCUT2D eigenvalue weighted by Gasteiger charge is -2.11. The molecule has 1 nitrogen and oxygen atoms in total. The smallest absolute Gasteiger partial charge is 0.0426 e. The molecule has 2 aromatic rings. The van der Waals surface area contributed by atoms with Gasteiger partial charge in [0.05, 0.1) is 0 Å². The zero-order valence-electron chi connectivity index (χ0n) is 10.8. The van der Waals surface area contributed by atoms with E-state index in [0.29, 0.717) is 10.9 Å². The van der Waals surface area contributed by atoms with E-state index in [-0.39, 0.29) is 0 Å². The van der Waals surface area contributed by atoms with Crippen molar-refractivity contribution in [1.29, 1.82) is 0 Å². The fourth-order valence-corrected chi connectivity index (χ4v) is 2.20. The molecular formula is C16H18ClN. The molecule has 94 valence electrons. The average Bonchev–Trinajstić information content (AvgIpc) is 2.38. The summed E-state index contributed by atoms with van der Waals surface area (Å²) in [5.74, 6) is 0.599. The van der Waals surface area contributed by atoms with Crippen molar-refractivity contribution in [2.45, 2.75) is 26.2 Å². The van der Waals surface area contributed by atoms with Crippen LogP contribution < -0.4 is 5.73 Å². The molecule has 0 radical (unpaired) electrons. The van der Waals surface area contributed by atoms with Gasteiger partial charge < -0.3 is 5.73 Å².